The molecule has 0 atom stereocenters. The lowest BCUT2D eigenvalue weighted by atomic mass is 10.1. The van der Waals surface area contributed by atoms with Crippen LogP contribution in [0, 0.1) is 13.8 Å². The summed E-state index contributed by atoms with van der Waals surface area (Å²) in [5.74, 6) is -0.457. The first-order valence-corrected chi connectivity index (χ1v) is 5.52. The van der Waals surface area contributed by atoms with Crippen LogP contribution in [0.25, 0.3) is 0 Å². The van der Waals surface area contributed by atoms with Gasteiger partial charge in [0.25, 0.3) is 5.91 Å². The van der Waals surface area contributed by atoms with Gasteiger partial charge in [0.1, 0.15) is 12.3 Å². The first-order valence-electron chi connectivity index (χ1n) is 5.52. The normalized spacial score (nSPS) is 11.2. The van der Waals surface area contributed by atoms with Crippen LogP contribution in [0.4, 0.5) is 18.9 Å². The van der Waals surface area contributed by atoms with Crippen molar-refractivity contribution in [2.75, 3.05) is 18.9 Å². The Bertz CT molecular complexity index is 473. The van der Waals surface area contributed by atoms with Crippen LogP contribution in [0.2, 0.25) is 0 Å². The van der Waals surface area contributed by atoms with Crippen LogP contribution in [0.15, 0.2) is 12.1 Å². The zero-order valence-electron chi connectivity index (χ0n) is 10.6. The summed E-state index contributed by atoms with van der Waals surface area (Å²) in [6.45, 7) is 1.72. The van der Waals surface area contributed by atoms with Crippen molar-refractivity contribution in [3.63, 3.8) is 0 Å². The average molecular weight is 276 g/mol. The van der Waals surface area contributed by atoms with Gasteiger partial charge in [-0.3, -0.25) is 4.79 Å². The Morgan fingerprint density at radius 1 is 1.32 bits per heavy atom. The van der Waals surface area contributed by atoms with E-state index in [9.17, 15) is 18.0 Å². The van der Waals surface area contributed by atoms with E-state index in [0.29, 0.717) is 11.4 Å². The fourth-order valence-corrected chi connectivity index (χ4v) is 1.40. The Kier molecular flexibility index (Phi) is 4.63. The van der Waals surface area contributed by atoms with Gasteiger partial charge >= 0.3 is 6.18 Å². The maximum atomic E-state index is 11.9. The molecular formula is C12H15F3N2O2. The number of halogens is 3. The van der Waals surface area contributed by atoms with Gasteiger partial charge < -0.3 is 15.8 Å². The molecule has 0 heterocycles. The van der Waals surface area contributed by atoms with E-state index in [2.05, 4.69) is 0 Å². The highest BCUT2D eigenvalue weighted by molar-refractivity contribution is 5.77. The highest BCUT2D eigenvalue weighted by Crippen LogP contribution is 2.24. The molecule has 0 aromatic heterocycles. The number of alkyl halides is 3. The molecule has 1 rings (SSSR count). The number of ether oxygens (including phenoxy) is 1. The smallest absolute Gasteiger partial charge is 0.405 e. The van der Waals surface area contributed by atoms with Gasteiger partial charge in [0.15, 0.2) is 6.61 Å². The van der Waals surface area contributed by atoms with Gasteiger partial charge in [-0.15, -0.1) is 0 Å². The van der Waals surface area contributed by atoms with Gasteiger partial charge in [0.2, 0.25) is 0 Å². The summed E-state index contributed by atoms with van der Waals surface area (Å²) in [7, 11) is 0. The Labute approximate surface area is 108 Å². The van der Waals surface area contributed by atoms with Crippen LogP contribution in [0.5, 0.6) is 5.75 Å². The van der Waals surface area contributed by atoms with Crippen molar-refractivity contribution in [2.45, 2.75) is 20.0 Å². The van der Waals surface area contributed by atoms with Gasteiger partial charge in [-0.25, -0.2) is 0 Å². The van der Waals surface area contributed by atoms with Crippen molar-refractivity contribution in [1.29, 1.82) is 0 Å². The molecule has 0 fully saturated rings. The SMILES string of the molecule is Cc1cc(C)c(OCC(=O)NCC(F)(F)F)cc1N. The lowest BCUT2D eigenvalue weighted by Crippen LogP contribution is -2.36. The van der Waals surface area contributed by atoms with E-state index in [4.69, 9.17) is 10.5 Å². The number of hydrogen-bond acceptors (Lipinski definition) is 3. The van der Waals surface area contributed by atoms with E-state index in [1.54, 1.807) is 24.4 Å². The molecule has 0 aliphatic carbocycles. The Balaban J connectivity index is 2.53. The molecule has 0 saturated carbocycles. The topological polar surface area (TPSA) is 64.3 Å². The maximum Gasteiger partial charge on any atom is 0.405 e. The summed E-state index contributed by atoms with van der Waals surface area (Å²) in [6.07, 6.45) is -4.43. The molecule has 7 heteroatoms. The molecule has 0 aliphatic rings. The van der Waals surface area contributed by atoms with Crippen molar-refractivity contribution in [2.24, 2.45) is 0 Å². The zero-order valence-corrected chi connectivity index (χ0v) is 10.6. The molecule has 1 aromatic carbocycles. The van der Waals surface area contributed by atoms with Crippen LogP contribution in [0.3, 0.4) is 0 Å². The lowest BCUT2D eigenvalue weighted by molar-refractivity contribution is -0.139. The highest BCUT2D eigenvalue weighted by atomic mass is 19.4. The third-order valence-electron chi connectivity index (χ3n) is 2.41. The molecule has 1 amide bonds. The summed E-state index contributed by atoms with van der Waals surface area (Å²) in [5, 5.41) is 1.72. The van der Waals surface area contributed by atoms with Crippen molar-refractivity contribution in [1.82, 2.24) is 5.32 Å². The number of nitrogen functional groups attached to an aromatic ring is 1. The summed E-state index contributed by atoms with van der Waals surface area (Å²) in [5.41, 5.74) is 7.81. The van der Waals surface area contributed by atoms with Gasteiger partial charge in [0, 0.05) is 11.8 Å². The lowest BCUT2D eigenvalue weighted by Gasteiger charge is -2.12. The van der Waals surface area contributed by atoms with Crippen LogP contribution < -0.4 is 15.8 Å². The highest BCUT2D eigenvalue weighted by Gasteiger charge is 2.27. The molecule has 19 heavy (non-hydrogen) atoms. The first-order chi connectivity index (χ1) is 8.69. The molecule has 0 aliphatic heterocycles. The van der Waals surface area contributed by atoms with Gasteiger partial charge in [-0.2, -0.15) is 13.2 Å². The summed E-state index contributed by atoms with van der Waals surface area (Å²) < 4.78 is 40.7. The number of aryl methyl sites for hydroxylation is 2. The van der Waals surface area contributed by atoms with E-state index in [0.717, 1.165) is 11.1 Å². The molecule has 0 radical (unpaired) electrons. The average Bonchev–Trinajstić information content (AvgIpc) is 2.28. The zero-order chi connectivity index (χ0) is 14.6. The monoisotopic (exact) mass is 276 g/mol. The molecule has 106 valence electrons. The Morgan fingerprint density at radius 2 is 1.95 bits per heavy atom. The molecule has 0 spiro atoms. The number of hydrogen-bond donors (Lipinski definition) is 2. The number of benzene rings is 1. The minimum absolute atomic E-state index is 0.380. The van der Waals surface area contributed by atoms with E-state index in [1.807, 2.05) is 6.92 Å². The molecule has 0 bridgehead atoms. The maximum absolute atomic E-state index is 11.9. The number of rotatable bonds is 4. The Morgan fingerprint density at radius 3 is 2.53 bits per heavy atom. The first kappa shape index (κ1) is 15.1. The second kappa shape index (κ2) is 5.81. The standard InChI is InChI=1S/C12H15F3N2O2/c1-7-3-8(2)10(4-9(7)16)19-5-11(18)17-6-12(13,14)15/h3-4H,5-6,16H2,1-2H3,(H,17,18). The van der Waals surface area contributed by atoms with Crippen LogP contribution in [-0.2, 0) is 4.79 Å². The molecule has 3 N–H and O–H groups in total. The van der Waals surface area contributed by atoms with Crippen LogP contribution >= 0.6 is 0 Å². The van der Waals surface area contributed by atoms with E-state index < -0.39 is 25.2 Å². The van der Waals surface area contributed by atoms with Gasteiger partial charge in [-0.1, -0.05) is 6.07 Å². The number of nitrogens with two attached hydrogens (primary N) is 1. The van der Waals surface area contributed by atoms with E-state index in [-0.39, 0.29) is 0 Å². The van der Waals surface area contributed by atoms with E-state index in [1.165, 1.54) is 0 Å². The minimum atomic E-state index is -4.43. The Hall–Kier alpha value is -1.92. The predicted molar refractivity (Wildman–Crippen MR) is 64.9 cm³/mol. The second-order valence-electron chi connectivity index (χ2n) is 4.15. The van der Waals surface area contributed by atoms with Crippen molar-refractivity contribution in [3.05, 3.63) is 23.3 Å². The fraction of sp³-hybridized carbons (Fsp3) is 0.417. The summed E-state index contributed by atoms with van der Waals surface area (Å²) >= 11 is 0. The fourth-order valence-electron chi connectivity index (χ4n) is 1.40. The number of carbonyl (C=O) groups is 1. The predicted octanol–water partition coefficient (Wildman–Crippen LogP) is 1.94. The minimum Gasteiger partial charge on any atom is -0.483 e. The van der Waals surface area contributed by atoms with Crippen LogP contribution in [0.1, 0.15) is 11.1 Å². The van der Waals surface area contributed by atoms with Gasteiger partial charge in [-0.05, 0) is 25.0 Å². The molecule has 0 saturated heterocycles. The number of anilines is 1. The third kappa shape index (κ3) is 5.07. The number of nitrogens with one attached hydrogen (secondary N) is 1. The van der Waals surface area contributed by atoms with Gasteiger partial charge in [0.05, 0.1) is 0 Å². The molecule has 1 aromatic rings. The largest absolute Gasteiger partial charge is 0.483 e. The molecule has 0 unspecified atom stereocenters. The third-order valence-corrected chi connectivity index (χ3v) is 2.41. The number of carbonyl (C=O) groups excluding carboxylic acids is 1. The van der Waals surface area contributed by atoms with Crippen molar-refractivity contribution in [3.8, 4) is 5.75 Å². The van der Waals surface area contributed by atoms with Crippen molar-refractivity contribution >= 4 is 11.6 Å². The molecule has 4 nitrogen and oxygen atoms in total. The summed E-state index contributed by atoms with van der Waals surface area (Å²) in [4.78, 5) is 11.2. The summed E-state index contributed by atoms with van der Waals surface area (Å²) in [6, 6.07) is 3.32. The molecular weight excluding hydrogens is 261 g/mol. The second-order valence-corrected chi connectivity index (χ2v) is 4.15. The number of amides is 1. The van der Waals surface area contributed by atoms with Crippen LogP contribution in [-0.4, -0.2) is 25.2 Å². The van der Waals surface area contributed by atoms with Crippen molar-refractivity contribution < 1.29 is 22.7 Å². The quantitative estimate of drug-likeness (QED) is 0.826. The van der Waals surface area contributed by atoms with E-state index >= 15 is 0 Å².